The monoisotopic (exact) mass is 168 g/mol. The Balaban J connectivity index is 3.04. The predicted molar refractivity (Wildman–Crippen MR) is 39.6 cm³/mol. The van der Waals surface area contributed by atoms with Crippen molar-refractivity contribution in [2.24, 2.45) is 0 Å². The van der Waals surface area contributed by atoms with Gasteiger partial charge in [0.15, 0.2) is 0 Å². The van der Waals surface area contributed by atoms with Crippen LogP contribution in [0.25, 0.3) is 0 Å². The number of nitro benzene ring substituents is 1. The molecule has 0 aromatic heterocycles. The summed E-state index contributed by atoms with van der Waals surface area (Å²) in [6.07, 6.45) is 0. The standard InChI is InChI=1S/C6H4N2O4/c9-7(10)5-2-1-3-6(4-5)8(11)12/h1-4H/q-1. The van der Waals surface area contributed by atoms with E-state index in [-0.39, 0.29) is 11.4 Å². The molecule has 0 N–H and O–H groups in total. The first-order valence-corrected chi connectivity index (χ1v) is 3.00. The van der Waals surface area contributed by atoms with Crippen molar-refractivity contribution in [2.75, 3.05) is 5.23 Å². The Morgan fingerprint density at radius 2 is 2.08 bits per heavy atom. The maximum atomic E-state index is 10.2. The van der Waals surface area contributed by atoms with E-state index in [0.717, 1.165) is 6.07 Å². The minimum atomic E-state index is -0.674. The van der Waals surface area contributed by atoms with Crippen LogP contribution < -0.4 is 5.23 Å². The van der Waals surface area contributed by atoms with Crippen molar-refractivity contribution < 1.29 is 10.1 Å². The van der Waals surface area contributed by atoms with Gasteiger partial charge in [0.1, 0.15) is 0 Å². The predicted octanol–water partition coefficient (Wildman–Crippen LogP) is 1.24. The highest BCUT2D eigenvalue weighted by molar-refractivity contribution is 5.51. The first-order valence-electron chi connectivity index (χ1n) is 3.00. The molecule has 0 amide bonds. The number of nitro groups is 1. The normalized spacial score (nSPS) is 9.50. The van der Waals surface area contributed by atoms with Crippen LogP contribution in [0, 0.1) is 15.3 Å². The maximum Gasteiger partial charge on any atom is 0.271 e. The van der Waals surface area contributed by atoms with Gasteiger partial charge in [-0.25, -0.2) is 0 Å². The summed E-state index contributed by atoms with van der Waals surface area (Å²) in [5, 5.41) is 29.8. The van der Waals surface area contributed by atoms with E-state index < -0.39 is 10.1 Å². The molecule has 0 aliphatic rings. The zero-order valence-corrected chi connectivity index (χ0v) is 5.84. The molecule has 0 bridgehead atoms. The zero-order chi connectivity index (χ0) is 9.14. The van der Waals surface area contributed by atoms with Crippen LogP contribution in [0.4, 0.5) is 11.4 Å². The van der Waals surface area contributed by atoms with E-state index in [0.29, 0.717) is 0 Å². The molecule has 0 saturated heterocycles. The second kappa shape index (κ2) is 3.16. The van der Waals surface area contributed by atoms with Gasteiger partial charge in [0.05, 0.1) is 10.6 Å². The van der Waals surface area contributed by atoms with Gasteiger partial charge in [-0.2, -0.15) is 0 Å². The Morgan fingerprint density at radius 1 is 1.42 bits per heavy atom. The molecule has 0 spiro atoms. The molecule has 0 unspecified atom stereocenters. The zero-order valence-electron chi connectivity index (χ0n) is 5.84. The molecule has 1 radical (unpaired) electrons. The Labute approximate surface area is 67.3 Å². The summed E-state index contributed by atoms with van der Waals surface area (Å²) in [4.78, 5) is 9.49. The first kappa shape index (κ1) is 8.44. The summed E-state index contributed by atoms with van der Waals surface area (Å²) in [5.41, 5.74) is -0.548. The van der Waals surface area contributed by atoms with Crippen LogP contribution in [0.3, 0.4) is 0 Å². The van der Waals surface area contributed by atoms with Gasteiger partial charge in [-0.05, 0) is 6.07 Å². The molecular formula is C6H4N2O4-. The van der Waals surface area contributed by atoms with Crippen molar-refractivity contribution >= 4 is 11.4 Å². The van der Waals surface area contributed by atoms with E-state index in [2.05, 4.69) is 0 Å². The van der Waals surface area contributed by atoms with Crippen LogP contribution in [-0.2, 0) is 5.21 Å². The Kier molecular flexibility index (Phi) is 2.22. The highest BCUT2D eigenvalue weighted by atomic mass is 16.8. The number of rotatable bonds is 2. The quantitative estimate of drug-likeness (QED) is 0.490. The molecule has 1 aromatic carbocycles. The Hall–Kier alpha value is -1.66. The molecule has 63 valence electrons. The van der Waals surface area contributed by atoms with Crippen molar-refractivity contribution in [1.29, 1.82) is 0 Å². The smallest absolute Gasteiger partial charge is 0.271 e. The summed E-state index contributed by atoms with van der Waals surface area (Å²) in [6, 6.07) is 4.59. The molecule has 0 aliphatic carbocycles. The number of non-ortho nitro benzene ring substituents is 1. The third-order valence-electron chi connectivity index (χ3n) is 1.25. The lowest BCUT2D eigenvalue weighted by Crippen LogP contribution is -2.04. The van der Waals surface area contributed by atoms with Gasteiger partial charge in [-0.1, -0.05) is 11.3 Å². The summed E-state index contributed by atoms with van der Waals surface area (Å²) in [5.74, 6) is 0. The maximum absolute atomic E-state index is 10.2. The highest BCUT2D eigenvalue weighted by Crippen LogP contribution is 2.18. The Morgan fingerprint density at radius 3 is 2.58 bits per heavy atom. The van der Waals surface area contributed by atoms with Crippen LogP contribution in [0.2, 0.25) is 0 Å². The van der Waals surface area contributed by atoms with E-state index in [4.69, 9.17) is 0 Å². The second-order valence-corrected chi connectivity index (χ2v) is 2.03. The largest absolute Gasteiger partial charge is 0.731 e. The highest BCUT2D eigenvalue weighted by Gasteiger charge is 2.05. The minimum Gasteiger partial charge on any atom is -0.731 e. The van der Waals surface area contributed by atoms with Crippen LogP contribution >= 0.6 is 0 Å². The van der Waals surface area contributed by atoms with Gasteiger partial charge >= 0.3 is 0 Å². The van der Waals surface area contributed by atoms with E-state index in [1.165, 1.54) is 18.2 Å². The average Bonchev–Trinajstić information content (AvgIpc) is 2.04. The number of nitrogens with zero attached hydrogens (tertiary/aromatic N) is 2. The van der Waals surface area contributed by atoms with Crippen LogP contribution in [0.1, 0.15) is 0 Å². The van der Waals surface area contributed by atoms with Crippen molar-refractivity contribution in [2.45, 2.75) is 0 Å². The van der Waals surface area contributed by atoms with E-state index >= 15 is 0 Å². The van der Waals surface area contributed by atoms with Gasteiger partial charge in [0.2, 0.25) is 0 Å². The fourth-order valence-electron chi connectivity index (χ4n) is 0.720. The molecule has 0 heterocycles. The molecule has 0 saturated carbocycles. The molecule has 1 aromatic rings. The lowest BCUT2D eigenvalue weighted by atomic mass is 10.3. The van der Waals surface area contributed by atoms with Crippen molar-refractivity contribution in [3.8, 4) is 0 Å². The lowest BCUT2D eigenvalue weighted by Gasteiger charge is -2.17. The van der Waals surface area contributed by atoms with Crippen LogP contribution in [0.15, 0.2) is 24.3 Å². The molecule has 6 nitrogen and oxygen atoms in total. The molecule has 0 atom stereocenters. The van der Waals surface area contributed by atoms with Gasteiger partial charge in [0, 0.05) is 12.1 Å². The fraction of sp³-hybridized carbons (Fsp3) is 0. The number of anilines is 1. The second-order valence-electron chi connectivity index (χ2n) is 2.03. The van der Waals surface area contributed by atoms with Crippen LogP contribution in [0.5, 0.6) is 0 Å². The topological polar surface area (TPSA) is 89.3 Å². The minimum absolute atomic E-state index is 0.274. The number of hydrogen-bond donors (Lipinski definition) is 0. The van der Waals surface area contributed by atoms with Gasteiger partial charge in [-0.3, -0.25) is 15.3 Å². The third kappa shape index (κ3) is 1.68. The van der Waals surface area contributed by atoms with E-state index in [9.17, 15) is 20.5 Å². The number of benzene rings is 1. The lowest BCUT2D eigenvalue weighted by molar-refractivity contribution is -0.384. The van der Waals surface area contributed by atoms with Crippen molar-refractivity contribution in [3.63, 3.8) is 0 Å². The number of hydrogen-bond acceptors (Lipinski definition) is 4. The van der Waals surface area contributed by atoms with Crippen molar-refractivity contribution in [1.82, 2.24) is 0 Å². The SMILES string of the molecule is [O]N([O-])c1cccc([N+](=O)[O-])c1. The first-order chi connectivity index (χ1) is 5.61. The third-order valence-corrected chi connectivity index (χ3v) is 1.25. The molecular weight excluding hydrogens is 164 g/mol. The average molecular weight is 168 g/mol. The molecule has 1 rings (SSSR count). The van der Waals surface area contributed by atoms with Gasteiger partial charge in [-0.15, -0.1) is 0 Å². The molecule has 6 heteroatoms. The summed E-state index contributed by atoms with van der Waals surface area (Å²) in [6.45, 7) is 0. The van der Waals surface area contributed by atoms with E-state index in [1.54, 1.807) is 0 Å². The van der Waals surface area contributed by atoms with Gasteiger partial charge in [0.25, 0.3) is 5.69 Å². The Bertz CT molecular complexity index is 299. The summed E-state index contributed by atoms with van der Waals surface area (Å²) < 4.78 is 0. The molecule has 0 aliphatic heterocycles. The summed E-state index contributed by atoms with van der Waals surface area (Å²) >= 11 is 0. The summed E-state index contributed by atoms with van der Waals surface area (Å²) in [7, 11) is 0. The van der Waals surface area contributed by atoms with Crippen LogP contribution in [-0.4, -0.2) is 4.92 Å². The molecule has 0 fully saturated rings. The molecule has 12 heavy (non-hydrogen) atoms. The van der Waals surface area contributed by atoms with Gasteiger partial charge < -0.3 is 5.21 Å². The fourth-order valence-corrected chi connectivity index (χ4v) is 0.720. The van der Waals surface area contributed by atoms with Crippen molar-refractivity contribution in [3.05, 3.63) is 39.6 Å². The van der Waals surface area contributed by atoms with E-state index in [1.807, 2.05) is 0 Å².